The smallest absolute Gasteiger partial charge is 0.254 e. The Morgan fingerprint density at radius 1 is 1.57 bits per heavy atom. The summed E-state index contributed by atoms with van der Waals surface area (Å²) in [5.74, 6) is -0.165. The third-order valence-corrected chi connectivity index (χ3v) is 2.02. The summed E-state index contributed by atoms with van der Waals surface area (Å²) in [6.07, 6.45) is 3.11. The summed E-state index contributed by atoms with van der Waals surface area (Å²) in [6.45, 7) is 1.68. The molecule has 4 nitrogen and oxygen atoms in total. The molecule has 0 aliphatic rings. The van der Waals surface area contributed by atoms with Crippen molar-refractivity contribution in [1.82, 2.24) is 9.88 Å². The second kappa shape index (κ2) is 4.38. The topological polar surface area (TPSA) is 57.0 Å². The molecule has 0 saturated heterocycles. The maximum absolute atomic E-state index is 11.7. The van der Waals surface area contributed by atoms with Crippen LogP contribution in [0.5, 0.6) is 0 Å². The number of rotatable bonds is 2. The van der Waals surface area contributed by atoms with Gasteiger partial charge in [0, 0.05) is 25.0 Å². The van der Waals surface area contributed by atoms with Crippen LogP contribution >= 0.6 is 0 Å². The first-order valence-corrected chi connectivity index (χ1v) is 4.23. The zero-order valence-electron chi connectivity index (χ0n) is 8.14. The molecule has 1 aromatic heterocycles. The summed E-state index contributed by atoms with van der Waals surface area (Å²) in [5.41, 5.74) is 0.546. The van der Waals surface area contributed by atoms with Gasteiger partial charge in [0.1, 0.15) is 6.04 Å². The van der Waals surface area contributed by atoms with E-state index in [0.29, 0.717) is 5.56 Å². The highest BCUT2D eigenvalue weighted by molar-refractivity contribution is 5.94. The Balaban J connectivity index is 2.82. The molecule has 0 N–H and O–H groups in total. The van der Waals surface area contributed by atoms with Gasteiger partial charge in [-0.3, -0.25) is 9.78 Å². The molecule has 14 heavy (non-hydrogen) atoms. The second-order valence-corrected chi connectivity index (χ2v) is 2.96. The molecule has 1 aromatic rings. The van der Waals surface area contributed by atoms with E-state index in [2.05, 4.69) is 4.98 Å². The Morgan fingerprint density at radius 2 is 2.14 bits per heavy atom. The van der Waals surface area contributed by atoms with Crippen LogP contribution < -0.4 is 0 Å². The molecule has 1 rings (SSSR count). The molecule has 1 unspecified atom stereocenters. The quantitative estimate of drug-likeness (QED) is 0.699. The van der Waals surface area contributed by atoms with Gasteiger partial charge in [0.15, 0.2) is 0 Å². The van der Waals surface area contributed by atoms with Gasteiger partial charge in [-0.1, -0.05) is 0 Å². The van der Waals surface area contributed by atoms with E-state index in [-0.39, 0.29) is 5.91 Å². The average molecular weight is 189 g/mol. The zero-order valence-corrected chi connectivity index (χ0v) is 8.14. The van der Waals surface area contributed by atoms with Crippen LogP contribution in [0.15, 0.2) is 24.5 Å². The molecular formula is C10H11N3O. The summed E-state index contributed by atoms with van der Waals surface area (Å²) in [4.78, 5) is 16.9. The van der Waals surface area contributed by atoms with Crippen LogP contribution in [0.25, 0.3) is 0 Å². The third kappa shape index (κ3) is 2.07. The minimum absolute atomic E-state index is 0.165. The predicted molar refractivity (Wildman–Crippen MR) is 51.4 cm³/mol. The number of hydrogen-bond acceptors (Lipinski definition) is 3. The predicted octanol–water partition coefficient (Wildman–Crippen LogP) is 1.07. The molecule has 0 radical (unpaired) electrons. The van der Waals surface area contributed by atoms with Gasteiger partial charge >= 0.3 is 0 Å². The van der Waals surface area contributed by atoms with Crippen molar-refractivity contribution in [2.24, 2.45) is 0 Å². The Labute approximate surface area is 82.8 Å². The highest BCUT2D eigenvalue weighted by Gasteiger charge is 2.16. The molecule has 0 bridgehead atoms. The first kappa shape index (κ1) is 10.2. The first-order valence-electron chi connectivity index (χ1n) is 4.23. The fourth-order valence-electron chi connectivity index (χ4n) is 0.961. The van der Waals surface area contributed by atoms with E-state index < -0.39 is 6.04 Å². The maximum atomic E-state index is 11.7. The van der Waals surface area contributed by atoms with Crippen molar-refractivity contribution in [3.05, 3.63) is 30.1 Å². The highest BCUT2D eigenvalue weighted by Crippen LogP contribution is 2.04. The van der Waals surface area contributed by atoms with Gasteiger partial charge in [-0.25, -0.2) is 0 Å². The molecule has 4 heteroatoms. The van der Waals surface area contributed by atoms with E-state index >= 15 is 0 Å². The maximum Gasteiger partial charge on any atom is 0.254 e. The molecule has 1 atom stereocenters. The molecule has 0 saturated carbocycles. The molecule has 0 aliphatic heterocycles. The van der Waals surface area contributed by atoms with E-state index in [1.54, 1.807) is 38.5 Å². The van der Waals surface area contributed by atoms with E-state index in [4.69, 9.17) is 5.26 Å². The van der Waals surface area contributed by atoms with Crippen LogP contribution in [0.2, 0.25) is 0 Å². The van der Waals surface area contributed by atoms with Crippen molar-refractivity contribution in [2.45, 2.75) is 13.0 Å². The third-order valence-electron chi connectivity index (χ3n) is 2.02. The van der Waals surface area contributed by atoms with Gasteiger partial charge in [0.05, 0.1) is 6.07 Å². The molecule has 0 spiro atoms. The number of nitriles is 1. The Morgan fingerprint density at radius 3 is 2.64 bits per heavy atom. The van der Waals surface area contributed by atoms with Crippen molar-refractivity contribution in [2.75, 3.05) is 7.05 Å². The zero-order chi connectivity index (χ0) is 10.6. The van der Waals surface area contributed by atoms with Gasteiger partial charge in [-0.15, -0.1) is 0 Å². The van der Waals surface area contributed by atoms with Crippen molar-refractivity contribution in [3.63, 3.8) is 0 Å². The molecule has 0 aliphatic carbocycles. The van der Waals surface area contributed by atoms with Gasteiger partial charge in [-0.2, -0.15) is 5.26 Å². The van der Waals surface area contributed by atoms with E-state index in [1.807, 2.05) is 6.07 Å². The minimum atomic E-state index is -0.421. The summed E-state index contributed by atoms with van der Waals surface area (Å²) in [5, 5.41) is 8.64. The van der Waals surface area contributed by atoms with Crippen molar-refractivity contribution >= 4 is 5.91 Å². The van der Waals surface area contributed by atoms with Crippen LogP contribution in [-0.2, 0) is 0 Å². The van der Waals surface area contributed by atoms with E-state index in [9.17, 15) is 4.79 Å². The van der Waals surface area contributed by atoms with Gasteiger partial charge < -0.3 is 4.90 Å². The number of aromatic nitrogens is 1. The standard InChI is InChI=1S/C10H11N3O/c1-8(7-11)13(2)10(14)9-3-5-12-6-4-9/h3-6,8H,1-2H3. The van der Waals surface area contributed by atoms with Gasteiger partial charge in [0.25, 0.3) is 5.91 Å². The Kier molecular flexibility index (Phi) is 3.19. The lowest BCUT2D eigenvalue weighted by Gasteiger charge is -2.18. The fraction of sp³-hybridized carbons (Fsp3) is 0.300. The van der Waals surface area contributed by atoms with Gasteiger partial charge in [0.2, 0.25) is 0 Å². The number of nitrogens with zero attached hydrogens (tertiary/aromatic N) is 3. The summed E-state index contributed by atoms with van der Waals surface area (Å²) in [7, 11) is 1.61. The lowest BCUT2D eigenvalue weighted by atomic mass is 10.2. The number of amides is 1. The Hall–Kier alpha value is -1.89. The van der Waals surface area contributed by atoms with Crippen LogP contribution in [0.1, 0.15) is 17.3 Å². The van der Waals surface area contributed by atoms with Crippen LogP contribution in [0.3, 0.4) is 0 Å². The molecule has 0 fully saturated rings. The monoisotopic (exact) mass is 189 g/mol. The fourth-order valence-corrected chi connectivity index (χ4v) is 0.961. The molecule has 1 heterocycles. The van der Waals surface area contributed by atoms with E-state index in [1.165, 1.54) is 4.90 Å². The Bertz CT molecular complexity index is 355. The summed E-state index contributed by atoms with van der Waals surface area (Å²) in [6, 6.07) is 4.84. The van der Waals surface area contributed by atoms with Crippen LogP contribution in [-0.4, -0.2) is 28.9 Å². The SMILES string of the molecule is CC(C#N)N(C)C(=O)c1ccncc1. The minimum Gasteiger partial charge on any atom is -0.326 e. The lowest BCUT2D eigenvalue weighted by Crippen LogP contribution is -2.33. The number of carbonyl (C=O) groups excluding carboxylic acids is 1. The molecule has 0 aromatic carbocycles. The first-order chi connectivity index (χ1) is 6.66. The van der Waals surface area contributed by atoms with Crippen molar-refractivity contribution < 1.29 is 4.79 Å². The summed E-state index contributed by atoms with van der Waals surface area (Å²) >= 11 is 0. The number of carbonyl (C=O) groups is 1. The van der Waals surface area contributed by atoms with Crippen molar-refractivity contribution in [1.29, 1.82) is 5.26 Å². The summed E-state index contributed by atoms with van der Waals surface area (Å²) < 4.78 is 0. The largest absolute Gasteiger partial charge is 0.326 e. The molecule has 72 valence electrons. The van der Waals surface area contributed by atoms with Crippen molar-refractivity contribution in [3.8, 4) is 6.07 Å². The second-order valence-electron chi connectivity index (χ2n) is 2.96. The normalized spacial score (nSPS) is 11.5. The number of pyridine rings is 1. The van der Waals surface area contributed by atoms with Gasteiger partial charge in [-0.05, 0) is 19.1 Å². The molecule has 1 amide bonds. The average Bonchev–Trinajstić information content (AvgIpc) is 2.27. The lowest BCUT2D eigenvalue weighted by molar-refractivity contribution is 0.0773. The van der Waals surface area contributed by atoms with E-state index in [0.717, 1.165) is 0 Å². The number of hydrogen-bond donors (Lipinski definition) is 0. The molecular weight excluding hydrogens is 178 g/mol. The van der Waals surface area contributed by atoms with Crippen LogP contribution in [0.4, 0.5) is 0 Å². The highest BCUT2D eigenvalue weighted by atomic mass is 16.2. The van der Waals surface area contributed by atoms with Crippen LogP contribution in [0, 0.1) is 11.3 Å².